The van der Waals surface area contributed by atoms with Gasteiger partial charge in [-0.15, -0.1) is 0 Å². The number of aromatic nitrogens is 1. The largest absolute Gasteiger partial charge is 0.496 e. The lowest BCUT2D eigenvalue weighted by molar-refractivity contribution is 0.0284. The summed E-state index contributed by atoms with van der Waals surface area (Å²) < 4.78 is 21.1. The van der Waals surface area contributed by atoms with Crippen molar-refractivity contribution in [2.24, 2.45) is 5.92 Å². The molecule has 1 aliphatic carbocycles. The van der Waals surface area contributed by atoms with Crippen molar-refractivity contribution < 1.29 is 38.1 Å². The molecule has 4 N–H and O–H groups in total. The van der Waals surface area contributed by atoms with Crippen LogP contribution in [0.4, 0.5) is 15.3 Å². The molecule has 1 saturated heterocycles. The third-order valence-electron chi connectivity index (χ3n) is 7.95. The first-order valence-electron chi connectivity index (χ1n) is 15.8. The zero-order valence-electron chi connectivity index (χ0n) is 27.1. The standard InChI is InChI=1S/C35H38N6O8/c1-3-23-19-28(27(20-29(23)46-2)26-5-4-12-37-30(26)33(43)49-34(44)38-21-22-6-7-22)32(42)39-25-10-8-24(9-11-25)31(36)40-35(45)48-18-15-41-13-16-47-17-14-41/h3-5,8-12,19-20,22H,1,6-7,13-18,21H2,2H3,(H,38,44)(H,39,42)(H2,36,40,45). The number of nitrogens with one attached hydrogen (secondary N) is 4. The minimum Gasteiger partial charge on any atom is -0.496 e. The fraction of sp³-hybridized carbons (Fsp3) is 0.314. The van der Waals surface area contributed by atoms with Crippen LogP contribution in [0.5, 0.6) is 5.75 Å². The second kappa shape index (κ2) is 16.5. The summed E-state index contributed by atoms with van der Waals surface area (Å²) in [6.07, 6.45) is 3.34. The van der Waals surface area contributed by atoms with Gasteiger partial charge in [-0.3, -0.25) is 20.4 Å². The fourth-order valence-electron chi connectivity index (χ4n) is 5.07. The van der Waals surface area contributed by atoms with Crippen LogP contribution in [0.3, 0.4) is 0 Å². The Balaban J connectivity index is 1.28. The highest BCUT2D eigenvalue weighted by Gasteiger charge is 2.26. The van der Waals surface area contributed by atoms with E-state index in [0.717, 1.165) is 25.9 Å². The minimum absolute atomic E-state index is 0.161. The molecular formula is C35H38N6O8. The number of esters is 1. The van der Waals surface area contributed by atoms with Gasteiger partial charge in [-0.2, -0.15) is 0 Å². The molecule has 0 bridgehead atoms. The van der Waals surface area contributed by atoms with Crippen LogP contribution in [0.15, 0.2) is 61.3 Å². The summed E-state index contributed by atoms with van der Waals surface area (Å²) in [6, 6.07) is 12.6. The molecule has 5 rings (SSSR count). The summed E-state index contributed by atoms with van der Waals surface area (Å²) in [5.74, 6) is -0.892. The number of morpholine rings is 1. The molecule has 49 heavy (non-hydrogen) atoms. The monoisotopic (exact) mass is 670 g/mol. The van der Waals surface area contributed by atoms with Crippen molar-refractivity contribution in [3.05, 3.63) is 83.7 Å². The van der Waals surface area contributed by atoms with E-state index in [1.54, 1.807) is 48.5 Å². The van der Waals surface area contributed by atoms with Gasteiger partial charge >= 0.3 is 18.2 Å². The zero-order chi connectivity index (χ0) is 34.8. The average Bonchev–Trinajstić information content (AvgIpc) is 3.95. The van der Waals surface area contributed by atoms with Crippen molar-refractivity contribution in [1.82, 2.24) is 20.5 Å². The average molecular weight is 671 g/mol. The lowest BCUT2D eigenvalue weighted by Crippen LogP contribution is -2.39. The van der Waals surface area contributed by atoms with Crippen LogP contribution in [0.25, 0.3) is 17.2 Å². The Morgan fingerprint density at radius 1 is 1.06 bits per heavy atom. The van der Waals surface area contributed by atoms with Crippen LogP contribution in [-0.4, -0.2) is 92.9 Å². The van der Waals surface area contributed by atoms with Crippen molar-refractivity contribution in [1.29, 1.82) is 5.41 Å². The van der Waals surface area contributed by atoms with E-state index in [1.165, 1.54) is 19.4 Å². The highest BCUT2D eigenvalue weighted by atomic mass is 16.6. The molecule has 0 spiro atoms. The van der Waals surface area contributed by atoms with Gasteiger partial charge in [0.05, 0.1) is 20.3 Å². The van der Waals surface area contributed by atoms with Gasteiger partial charge in [0.15, 0.2) is 5.69 Å². The van der Waals surface area contributed by atoms with E-state index in [4.69, 9.17) is 24.4 Å². The van der Waals surface area contributed by atoms with Crippen molar-refractivity contribution in [2.45, 2.75) is 12.8 Å². The summed E-state index contributed by atoms with van der Waals surface area (Å²) in [7, 11) is 1.47. The second-order valence-corrected chi connectivity index (χ2v) is 11.4. The van der Waals surface area contributed by atoms with E-state index in [9.17, 15) is 19.2 Å². The number of carbonyl (C=O) groups excluding carboxylic acids is 4. The van der Waals surface area contributed by atoms with Gasteiger partial charge in [0.2, 0.25) is 0 Å². The number of amides is 3. The molecule has 2 aromatic carbocycles. The van der Waals surface area contributed by atoms with Crippen LogP contribution in [0.2, 0.25) is 0 Å². The number of carbonyl (C=O) groups is 4. The van der Waals surface area contributed by atoms with E-state index in [-0.39, 0.29) is 29.3 Å². The van der Waals surface area contributed by atoms with Crippen LogP contribution < -0.4 is 20.7 Å². The number of benzene rings is 2. The lowest BCUT2D eigenvalue weighted by Gasteiger charge is -2.26. The molecule has 1 aliphatic heterocycles. The third kappa shape index (κ3) is 9.49. The third-order valence-corrected chi connectivity index (χ3v) is 7.95. The van der Waals surface area contributed by atoms with E-state index in [2.05, 4.69) is 32.4 Å². The molecule has 1 saturated carbocycles. The van der Waals surface area contributed by atoms with Crippen molar-refractivity contribution in [3.8, 4) is 16.9 Å². The highest BCUT2D eigenvalue weighted by molar-refractivity contribution is 6.11. The Kier molecular flexibility index (Phi) is 11.7. The number of nitrogens with zero attached hydrogens (tertiary/aromatic N) is 2. The van der Waals surface area contributed by atoms with Gasteiger partial charge in [-0.05, 0) is 61.2 Å². The maximum Gasteiger partial charge on any atom is 0.415 e. The summed E-state index contributed by atoms with van der Waals surface area (Å²) in [5, 5.41) is 16.1. The van der Waals surface area contributed by atoms with Gasteiger partial charge in [0.25, 0.3) is 5.91 Å². The van der Waals surface area contributed by atoms with Crippen molar-refractivity contribution in [3.63, 3.8) is 0 Å². The van der Waals surface area contributed by atoms with Gasteiger partial charge in [-0.1, -0.05) is 18.7 Å². The molecule has 1 aromatic heterocycles. The Morgan fingerprint density at radius 3 is 2.51 bits per heavy atom. The quantitative estimate of drug-likeness (QED) is 0.0938. The molecule has 2 fully saturated rings. The molecule has 2 aliphatic rings. The predicted molar refractivity (Wildman–Crippen MR) is 181 cm³/mol. The van der Waals surface area contributed by atoms with Gasteiger partial charge in [0.1, 0.15) is 18.2 Å². The summed E-state index contributed by atoms with van der Waals surface area (Å²) in [6.45, 7) is 7.84. The number of alkyl carbamates (subject to hydrolysis) is 2. The Bertz CT molecular complexity index is 1720. The number of rotatable bonds is 12. The first-order chi connectivity index (χ1) is 23.7. The fourth-order valence-corrected chi connectivity index (χ4v) is 5.07. The van der Waals surface area contributed by atoms with Crippen LogP contribution >= 0.6 is 0 Å². The summed E-state index contributed by atoms with van der Waals surface area (Å²) >= 11 is 0. The number of ether oxygens (including phenoxy) is 4. The maximum absolute atomic E-state index is 13.8. The number of hydrogen-bond acceptors (Lipinski definition) is 11. The summed E-state index contributed by atoms with van der Waals surface area (Å²) in [4.78, 5) is 57.6. The first-order valence-corrected chi connectivity index (χ1v) is 15.8. The van der Waals surface area contributed by atoms with E-state index in [1.807, 2.05) is 0 Å². The van der Waals surface area contributed by atoms with Gasteiger partial charge in [-0.25, -0.2) is 19.4 Å². The smallest absolute Gasteiger partial charge is 0.415 e. The topological polar surface area (TPSA) is 181 Å². The molecule has 14 nitrogen and oxygen atoms in total. The number of methoxy groups -OCH3 is 1. The Labute approximate surface area is 283 Å². The number of pyridine rings is 1. The SMILES string of the molecule is C=Cc1cc(C(=O)Nc2ccc(C(=N)NC(=O)OCCN3CCOCC3)cc2)c(-c2cccnc2C(=O)OC(=O)NCC2CC2)cc1OC. The molecule has 0 atom stereocenters. The predicted octanol–water partition coefficient (Wildman–Crippen LogP) is 4.31. The number of amidine groups is 1. The van der Waals surface area contributed by atoms with Crippen molar-refractivity contribution in [2.75, 3.05) is 58.4 Å². The zero-order valence-corrected chi connectivity index (χ0v) is 27.1. The molecule has 0 radical (unpaired) electrons. The van der Waals surface area contributed by atoms with Crippen LogP contribution in [0.1, 0.15) is 44.8 Å². The normalized spacial score (nSPS) is 14.2. The Hall–Kier alpha value is -5.60. The summed E-state index contributed by atoms with van der Waals surface area (Å²) in [5.41, 5.74) is 1.85. The molecular weight excluding hydrogens is 632 g/mol. The van der Waals surface area contributed by atoms with Crippen LogP contribution in [-0.2, 0) is 14.2 Å². The van der Waals surface area contributed by atoms with Gasteiger partial charge in [0, 0.05) is 65.9 Å². The number of anilines is 1. The molecule has 256 valence electrons. The molecule has 3 aromatic rings. The maximum atomic E-state index is 13.8. The van der Waals surface area contributed by atoms with Crippen LogP contribution in [0, 0.1) is 11.3 Å². The van der Waals surface area contributed by atoms with Gasteiger partial charge < -0.3 is 29.6 Å². The molecule has 14 heteroatoms. The highest BCUT2D eigenvalue weighted by Crippen LogP contribution is 2.34. The molecule has 2 heterocycles. The molecule has 0 unspecified atom stereocenters. The van der Waals surface area contributed by atoms with E-state index >= 15 is 0 Å². The Morgan fingerprint density at radius 2 is 1.82 bits per heavy atom. The van der Waals surface area contributed by atoms with E-state index in [0.29, 0.717) is 60.3 Å². The minimum atomic E-state index is -0.977. The van der Waals surface area contributed by atoms with E-state index < -0.39 is 24.1 Å². The second-order valence-electron chi connectivity index (χ2n) is 11.4. The lowest BCUT2D eigenvalue weighted by atomic mass is 9.94. The number of hydrogen-bond donors (Lipinski definition) is 4. The first kappa shape index (κ1) is 34.7. The van der Waals surface area contributed by atoms with Crippen molar-refractivity contribution >= 4 is 41.7 Å². The molecule has 3 amide bonds.